The zero-order valence-corrected chi connectivity index (χ0v) is 14.2. The summed E-state index contributed by atoms with van der Waals surface area (Å²) in [6.07, 6.45) is 3.35. The summed E-state index contributed by atoms with van der Waals surface area (Å²) in [5.74, 6) is 0.924. The van der Waals surface area contributed by atoms with Gasteiger partial charge in [-0.3, -0.25) is 0 Å². The van der Waals surface area contributed by atoms with Crippen LogP contribution in [0.15, 0.2) is 54.6 Å². The molecule has 0 aromatic heterocycles. The first kappa shape index (κ1) is 18.5. The van der Waals surface area contributed by atoms with Crippen molar-refractivity contribution < 1.29 is 4.74 Å². The first-order valence-corrected chi connectivity index (χ1v) is 7.68. The molecule has 0 spiro atoms. The van der Waals surface area contributed by atoms with Crippen molar-refractivity contribution >= 4 is 12.4 Å². The van der Waals surface area contributed by atoms with Crippen LogP contribution in [0.3, 0.4) is 0 Å². The van der Waals surface area contributed by atoms with Crippen molar-refractivity contribution in [1.29, 1.82) is 0 Å². The summed E-state index contributed by atoms with van der Waals surface area (Å²) < 4.78 is 5.17. The third kappa shape index (κ3) is 6.50. The Balaban J connectivity index is 0.00000242. The Kier molecular flexibility index (Phi) is 8.64. The molecule has 0 aliphatic heterocycles. The van der Waals surface area contributed by atoms with Crippen LogP contribution in [0.4, 0.5) is 0 Å². The van der Waals surface area contributed by atoms with E-state index in [0.717, 1.165) is 31.6 Å². The lowest BCUT2D eigenvalue weighted by molar-refractivity contribution is 0.414. The third-order valence-electron chi connectivity index (χ3n) is 3.68. The second kappa shape index (κ2) is 10.3. The summed E-state index contributed by atoms with van der Waals surface area (Å²) in [5, 5.41) is 3.60. The molecule has 2 rings (SSSR count). The van der Waals surface area contributed by atoms with Crippen molar-refractivity contribution in [3.63, 3.8) is 0 Å². The maximum absolute atomic E-state index is 5.17. The van der Waals surface area contributed by atoms with E-state index in [1.165, 1.54) is 11.1 Å². The second-order valence-electron chi connectivity index (χ2n) is 5.50. The molecule has 0 bridgehead atoms. The minimum atomic E-state index is 0. The summed E-state index contributed by atoms with van der Waals surface area (Å²) in [6.45, 7) is 3.31. The van der Waals surface area contributed by atoms with Gasteiger partial charge in [0.2, 0.25) is 0 Å². The van der Waals surface area contributed by atoms with E-state index in [1.807, 2.05) is 12.1 Å². The molecule has 0 aliphatic carbocycles. The second-order valence-corrected chi connectivity index (χ2v) is 5.50. The number of methoxy groups -OCH3 is 1. The lowest BCUT2D eigenvalue weighted by atomic mass is 10.1. The number of rotatable bonds is 8. The molecule has 0 aliphatic rings. The van der Waals surface area contributed by atoms with Crippen LogP contribution in [0.1, 0.15) is 24.5 Å². The van der Waals surface area contributed by atoms with E-state index >= 15 is 0 Å². The average molecular weight is 320 g/mol. The van der Waals surface area contributed by atoms with E-state index in [2.05, 4.69) is 54.7 Å². The first-order valence-electron chi connectivity index (χ1n) is 7.68. The highest BCUT2D eigenvalue weighted by atomic mass is 35.5. The lowest BCUT2D eigenvalue weighted by Gasteiger charge is -2.14. The largest absolute Gasteiger partial charge is 0.497 e. The first-order chi connectivity index (χ1) is 10.3. The molecule has 120 valence electrons. The highest BCUT2D eigenvalue weighted by Gasteiger charge is 2.02. The highest BCUT2D eigenvalue weighted by molar-refractivity contribution is 5.85. The Morgan fingerprint density at radius 2 is 1.64 bits per heavy atom. The van der Waals surface area contributed by atoms with Gasteiger partial charge in [0.1, 0.15) is 5.75 Å². The fourth-order valence-corrected chi connectivity index (χ4v) is 2.47. The average Bonchev–Trinajstić information content (AvgIpc) is 2.53. The number of nitrogens with one attached hydrogen (secondary N) is 1. The van der Waals surface area contributed by atoms with Crippen molar-refractivity contribution in [3.8, 4) is 5.75 Å². The SMILES string of the molecule is COc1ccc(CCCNC(C)Cc2ccccc2)cc1.Cl. The van der Waals surface area contributed by atoms with Crippen LogP contribution < -0.4 is 10.1 Å². The normalized spacial score (nSPS) is 11.5. The molecule has 1 N–H and O–H groups in total. The van der Waals surface area contributed by atoms with Gasteiger partial charge in [0.15, 0.2) is 0 Å². The van der Waals surface area contributed by atoms with Gasteiger partial charge in [-0.05, 0) is 56.0 Å². The highest BCUT2D eigenvalue weighted by Crippen LogP contribution is 2.12. The number of aryl methyl sites for hydroxylation is 1. The minimum absolute atomic E-state index is 0. The van der Waals surface area contributed by atoms with Gasteiger partial charge in [-0.1, -0.05) is 42.5 Å². The number of ether oxygens (including phenoxy) is 1. The van der Waals surface area contributed by atoms with Gasteiger partial charge in [0.05, 0.1) is 7.11 Å². The van der Waals surface area contributed by atoms with Gasteiger partial charge in [0, 0.05) is 6.04 Å². The smallest absolute Gasteiger partial charge is 0.118 e. The van der Waals surface area contributed by atoms with Crippen LogP contribution in [0.5, 0.6) is 5.75 Å². The van der Waals surface area contributed by atoms with Crippen LogP contribution in [-0.4, -0.2) is 19.7 Å². The van der Waals surface area contributed by atoms with Crippen LogP contribution in [0, 0.1) is 0 Å². The summed E-state index contributed by atoms with van der Waals surface area (Å²) in [7, 11) is 1.70. The summed E-state index contributed by atoms with van der Waals surface area (Å²) in [6, 6.07) is 19.5. The van der Waals surface area contributed by atoms with Crippen LogP contribution in [0.25, 0.3) is 0 Å². The van der Waals surface area contributed by atoms with Gasteiger partial charge in [-0.25, -0.2) is 0 Å². The molecule has 1 atom stereocenters. The Bertz CT molecular complexity index is 513. The van der Waals surface area contributed by atoms with E-state index in [4.69, 9.17) is 4.74 Å². The zero-order chi connectivity index (χ0) is 14.9. The maximum Gasteiger partial charge on any atom is 0.118 e. The van der Waals surface area contributed by atoms with Gasteiger partial charge < -0.3 is 10.1 Å². The number of hydrogen-bond acceptors (Lipinski definition) is 2. The topological polar surface area (TPSA) is 21.3 Å². The van der Waals surface area contributed by atoms with Gasteiger partial charge in [-0.15, -0.1) is 12.4 Å². The van der Waals surface area contributed by atoms with E-state index in [1.54, 1.807) is 7.11 Å². The lowest BCUT2D eigenvalue weighted by Crippen LogP contribution is -2.29. The fraction of sp³-hybridized carbons (Fsp3) is 0.368. The Labute approximate surface area is 140 Å². The molecule has 0 heterocycles. The van der Waals surface area contributed by atoms with Crippen LogP contribution in [-0.2, 0) is 12.8 Å². The fourth-order valence-electron chi connectivity index (χ4n) is 2.47. The van der Waals surface area contributed by atoms with Gasteiger partial charge >= 0.3 is 0 Å². The molecule has 22 heavy (non-hydrogen) atoms. The minimum Gasteiger partial charge on any atom is -0.497 e. The van der Waals surface area contributed by atoms with Crippen molar-refractivity contribution in [1.82, 2.24) is 5.32 Å². The molecule has 2 aromatic rings. The summed E-state index contributed by atoms with van der Waals surface area (Å²) in [4.78, 5) is 0. The Morgan fingerprint density at radius 1 is 0.955 bits per heavy atom. The predicted molar refractivity (Wildman–Crippen MR) is 96.2 cm³/mol. The molecule has 1 unspecified atom stereocenters. The zero-order valence-electron chi connectivity index (χ0n) is 13.4. The van der Waals surface area contributed by atoms with E-state index in [0.29, 0.717) is 6.04 Å². The molecular formula is C19H26ClNO. The van der Waals surface area contributed by atoms with Gasteiger partial charge in [-0.2, -0.15) is 0 Å². The summed E-state index contributed by atoms with van der Waals surface area (Å²) >= 11 is 0. The van der Waals surface area contributed by atoms with Crippen molar-refractivity contribution in [3.05, 3.63) is 65.7 Å². The molecule has 0 amide bonds. The molecule has 2 aromatic carbocycles. The maximum atomic E-state index is 5.17. The number of hydrogen-bond donors (Lipinski definition) is 1. The van der Waals surface area contributed by atoms with Crippen molar-refractivity contribution in [2.75, 3.05) is 13.7 Å². The molecule has 0 radical (unpaired) electrons. The van der Waals surface area contributed by atoms with Crippen LogP contribution in [0.2, 0.25) is 0 Å². The predicted octanol–water partition coefficient (Wildman–Crippen LogP) is 4.27. The van der Waals surface area contributed by atoms with Crippen molar-refractivity contribution in [2.24, 2.45) is 0 Å². The molecule has 3 heteroatoms. The Hall–Kier alpha value is -1.51. The van der Waals surface area contributed by atoms with Crippen molar-refractivity contribution in [2.45, 2.75) is 32.2 Å². The molecule has 2 nitrogen and oxygen atoms in total. The quantitative estimate of drug-likeness (QED) is 0.734. The molecular weight excluding hydrogens is 294 g/mol. The van der Waals surface area contributed by atoms with E-state index in [-0.39, 0.29) is 12.4 Å². The number of benzene rings is 2. The van der Waals surface area contributed by atoms with E-state index < -0.39 is 0 Å². The molecule has 0 saturated carbocycles. The third-order valence-corrected chi connectivity index (χ3v) is 3.68. The van der Waals surface area contributed by atoms with E-state index in [9.17, 15) is 0 Å². The summed E-state index contributed by atoms with van der Waals surface area (Å²) in [5.41, 5.74) is 2.76. The monoisotopic (exact) mass is 319 g/mol. The molecule has 0 fully saturated rings. The number of halogens is 1. The van der Waals surface area contributed by atoms with Gasteiger partial charge in [0.25, 0.3) is 0 Å². The Morgan fingerprint density at radius 3 is 2.27 bits per heavy atom. The van der Waals surface area contributed by atoms with Crippen LogP contribution >= 0.6 is 12.4 Å². The standard InChI is InChI=1S/C19H25NO.ClH/c1-16(15-18-7-4-3-5-8-18)20-14-6-9-17-10-12-19(21-2)13-11-17;/h3-5,7-8,10-13,16,20H,6,9,14-15H2,1-2H3;1H. The molecule has 0 saturated heterocycles.